The van der Waals surface area contributed by atoms with Gasteiger partial charge < -0.3 is 9.84 Å². The quantitative estimate of drug-likeness (QED) is 0.749. The molecule has 0 radical (unpaired) electrons. The molecule has 0 heterocycles. The molecule has 0 aromatic heterocycles. The minimum Gasteiger partial charge on any atom is -0.491 e. The Balaban J connectivity index is 2.51. The van der Waals surface area contributed by atoms with Crippen LogP contribution in [0.4, 0.5) is 0 Å². The van der Waals surface area contributed by atoms with Gasteiger partial charge in [-0.25, -0.2) is 0 Å². The van der Waals surface area contributed by atoms with Crippen LogP contribution in [0, 0.1) is 5.92 Å². The van der Waals surface area contributed by atoms with Crippen molar-refractivity contribution in [1.82, 2.24) is 0 Å². The number of hydrogen-bond acceptors (Lipinski definition) is 2. The summed E-state index contributed by atoms with van der Waals surface area (Å²) >= 11 is 0. The zero-order valence-corrected chi connectivity index (χ0v) is 11.0. The molecule has 1 N–H and O–H groups in total. The number of para-hydroxylation sites is 1. The Morgan fingerprint density at radius 3 is 2.71 bits per heavy atom. The molecular formula is C15H24O2. The molecule has 2 heteroatoms. The molecule has 0 bridgehead atoms. The number of hydrogen-bond donors (Lipinski definition) is 1. The van der Waals surface area contributed by atoms with Crippen molar-refractivity contribution >= 4 is 0 Å². The van der Waals surface area contributed by atoms with Crippen LogP contribution in [0.3, 0.4) is 0 Å². The molecule has 0 aliphatic rings. The first kappa shape index (κ1) is 14.0. The van der Waals surface area contributed by atoms with Crippen LogP contribution in [-0.4, -0.2) is 18.3 Å². The lowest BCUT2D eigenvalue weighted by Crippen LogP contribution is -2.04. The smallest absolute Gasteiger partial charge is 0.122 e. The van der Waals surface area contributed by atoms with Gasteiger partial charge in [-0.15, -0.1) is 0 Å². The number of aliphatic hydroxyl groups excluding tert-OH is 1. The fourth-order valence-electron chi connectivity index (χ4n) is 2.05. The molecule has 1 rings (SSSR count). The molecule has 1 aromatic carbocycles. The van der Waals surface area contributed by atoms with Crippen LogP contribution in [0.1, 0.15) is 38.7 Å². The van der Waals surface area contributed by atoms with Crippen LogP contribution in [0.5, 0.6) is 5.75 Å². The third-order valence-corrected chi connectivity index (χ3v) is 3.01. The van der Waals surface area contributed by atoms with Gasteiger partial charge in [-0.3, -0.25) is 0 Å². The van der Waals surface area contributed by atoms with E-state index < -0.39 is 0 Å². The average molecular weight is 236 g/mol. The van der Waals surface area contributed by atoms with Gasteiger partial charge in [0.25, 0.3) is 0 Å². The van der Waals surface area contributed by atoms with Gasteiger partial charge in [-0.2, -0.15) is 0 Å². The van der Waals surface area contributed by atoms with Gasteiger partial charge in [0.1, 0.15) is 12.4 Å². The van der Waals surface area contributed by atoms with Crippen molar-refractivity contribution in [3.63, 3.8) is 0 Å². The molecule has 1 atom stereocenters. The zero-order chi connectivity index (χ0) is 12.5. The molecule has 0 aliphatic heterocycles. The standard InChI is InChI=1S/C15H24O2/c1-3-6-13(2)9-10-14-7-4-5-8-15(14)17-12-11-16/h4-5,7-8,13,16H,3,6,9-12H2,1-2H3. The number of benzene rings is 1. The highest BCUT2D eigenvalue weighted by atomic mass is 16.5. The normalized spacial score (nSPS) is 12.4. The van der Waals surface area contributed by atoms with Gasteiger partial charge in [-0.05, 0) is 30.4 Å². The van der Waals surface area contributed by atoms with E-state index in [1.54, 1.807) is 0 Å². The maximum Gasteiger partial charge on any atom is 0.122 e. The van der Waals surface area contributed by atoms with E-state index in [1.165, 1.54) is 24.8 Å². The summed E-state index contributed by atoms with van der Waals surface area (Å²) in [4.78, 5) is 0. The molecule has 0 spiro atoms. The van der Waals surface area contributed by atoms with Crippen LogP contribution in [0.2, 0.25) is 0 Å². The second-order valence-electron chi connectivity index (χ2n) is 4.61. The minimum absolute atomic E-state index is 0.0700. The number of aliphatic hydroxyl groups is 1. The summed E-state index contributed by atoms with van der Waals surface area (Å²) in [6.45, 7) is 4.98. The summed E-state index contributed by atoms with van der Waals surface area (Å²) in [6, 6.07) is 8.12. The first-order valence-corrected chi connectivity index (χ1v) is 6.59. The SMILES string of the molecule is CCCC(C)CCc1ccccc1OCCO. The Kier molecular flexibility index (Phi) is 6.71. The molecule has 0 saturated heterocycles. The molecule has 1 unspecified atom stereocenters. The molecule has 96 valence electrons. The lowest BCUT2D eigenvalue weighted by molar-refractivity contribution is 0.200. The number of rotatable bonds is 8. The highest BCUT2D eigenvalue weighted by Crippen LogP contribution is 2.22. The third kappa shape index (κ3) is 5.22. The van der Waals surface area contributed by atoms with E-state index in [0.717, 1.165) is 18.1 Å². The molecule has 0 saturated carbocycles. The van der Waals surface area contributed by atoms with Gasteiger partial charge in [-0.1, -0.05) is 44.9 Å². The lowest BCUT2D eigenvalue weighted by Gasteiger charge is -2.13. The second-order valence-corrected chi connectivity index (χ2v) is 4.61. The van der Waals surface area contributed by atoms with Crippen molar-refractivity contribution in [2.45, 2.75) is 39.5 Å². The van der Waals surface area contributed by atoms with E-state index in [-0.39, 0.29) is 6.61 Å². The van der Waals surface area contributed by atoms with Crippen LogP contribution in [-0.2, 0) is 6.42 Å². The fraction of sp³-hybridized carbons (Fsp3) is 0.600. The van der Waals surface area contributed by atoms with Crippen molar-refractivity contribution < 1.29 is 9.84 Å². The predicted octanol–water partition coefficient (Wildman–Crippen LogP) is 3.43. The molecule has 2 nitrogen and oxygen atoms in total. The Morgan fingerprint density at radius 2 is 2.00 bits per heavy atom. The van der Waals surface area contributed by atoms with Gasteiger partial charge in [0.15, 0.2) is 0 Å². The summed E-state index contributed by atoms with van der Waals surface area (Å²) in [5.74, 6) is 1.69. The molecule has 17 heavy (non-hydrogen) atoms. The van der Waals surface area contributed by atoms with Crippen LogP contribution in [0.25, 0.3) is 0 Å². The van der Waals surface area contributed by atoms with Crippen molar-refractivity contribution in [3.05, 3.63) is 29.8 Å². The van der Waals surface area contributed by atoms with Crippen molar-refractivity contribution in [1.29, 1.82) is 0 Å². The summed E-state index contributed by atoms with van der Waals surface area (Å²) < 4.78 is 5.53. The third-order valence-electron chi connectivity index (χ3n) is 3.01. The first-order valence-electron chi connectivity index (χ1n) is 6.59. The molecule has 1 aromatic rings. The van der Waals surface area contributed by atoms with E-state index in [2.05, 4.69) is 19.9 Å². The van der Waals surface area contributed by atoms with Gasteiger partial charge >= 0.3 is 0 Å². The summed E-state index contributed by atoms with van der Waals surface area (Å²) in [5.41, 5.74) is 1.25. The summed E-state index contributed by atoms with van der Waals surface area (Å²) in [6.07, 6.45) is 4.81. The molecule has 0 amide bonds. The topological polar surface area (TPSA) is 29.5 Å². The fourth-order valence-corrected chi connectivity index (χ4v) is 2.05. The molecular weight excluding hydrogens is 212 g/mol. The maximum absolute atomic E-state index is 8.78. The molecule has 0 aliphatic carbocycles. The maximum atomic E-state index is 8.78. The van der Waals surface area contributed by atoms with Crippen LogP contribution < -0.4 is 4.74 Å². The van der Waals surface area contributed by atoms with Crippen molar-refractivity contribution in [2.24, 2.45) is 5.92 Å². The van der Waals surface area contributed by atoms with E-state index in [1.807, 2.05) is 18.2 Å². The van der Waals surface area contributed by atoms with Gasteiger partial charge in [0.2, 0.25) is 0 Å². The van der Waals surface area contributed by atoms with Gasteiger partial charge in [0, 0.05) is 0 Å². The Labute approximate surface area is 105 Å². The van der Waals surface area contributed by atoms with E-state index in [0.29, 0.717) is 6.61 Å². The average Bonchev–Trinajstić information content (AvgIpc) is 2.35. The second kappa shape index (κ2) is 8.13. The van der Waals surface area contributed by atoms with E-state index in [9.17, 15) is 0 Å². The van der Waals surface area contributed by atoms with Crippen molar-refractivity contribution in [3.8, 4) is 5.75 Å². The van der Waals surface area contributed by atoms with Crippen LogP contribution >= 0.6 is 0 Å². The first-order chi connectivity index (χ1) is 8.27. The summed E-state index contributed by atoms with van der Waals surface area (Å²) in [7, 11) is 0. The van der Waals surface area contributed by atoms with Gasteiger partial charge in [0.05, 0.1) is 6.61 Å². The Hall–Kier alpha value is -1.02. The summed E-state index contributed by atoms with van der Waals surface area (Å²) in [5, 5.41) is 8.78. The largest absolute Gasteiger partial charge is 0.491 e. The highest BCUT2D eigenvalue weighted by Gasteiger charge is 2.06. The minimum atomic E-state index is 0.0700. The Morgan fingerprint density at radius 1 is 1.24 bits per heavy atom. The van der Waals surface area contributed by atoms with Crippen LogP contribution in [0.15, 0.2) is 24.3 Å². The molecule has 0 fully saturated rings. The highest BCUT2D eigenvalue weighted by molar-refractivity contribution is 5.33. The predicted molar refractivity (Wildman–Crippen MR) is 71.4 cm³/mol. The van der Waals surface area contributed by atoms with E-state index >= 15 is 0 Å². The zero-order valence-electron chi connectivity index (χ0n) is 11.0. The number of aryl methyl sites for hydroxylation is 1. The van der Waals surface area contributed by atoms with Crippen molar-refractivity contribution in [2.75, 3.05) is 13.2 Å². The lowest BCUT2D eigenvalue weighted by atomic mass is 9.97. The number of ether oxygens (including phenoxy) is 1. The monoisotopic (exact) mass is 236 g/mol. The Bertz CT molecular complexity index is 310. The van der Waals surface area contributed by atoms with E-state index in [4.69, 9.17) is 9.84 Å².